The van der Waals surface area contributed by atoms with Crippen molar-refractivity contribution >= 4 is 29.0 Å². The van der Waals surface area contributed by atoms with E-state index in [0.717, 1.165) is 6.07 Å². The molecule has 0 saturated carbocycles. The standard InChI is InChI=1S/C20H15ClN6O5/c1-2-12-9-18(28)24-20(22-12)26-17(10-14(25-26)16-4-3-7-32-16)23-19(29)13-8-11(21)5-6-15(13)27(30)31/h3-10H,2H2,1H3,(H,23,29)(H,22,24,28). The smallest absolute Gasteiger partial charge is 0.282 e. The van der Waals surface area contributed by atoms with Crippen molar-refractivity contribution in [3.8, 4) is 17.4 Å². The highest BCUT2D eigenvalue weighted by Gasteiger charge is 2.23. The summed E-state index contributed by atoms with van der Waals surface area (Å²) in [5, 5.41) is 18.5. The fourth-order valence-electron chi connectivity index (χ4n) is 2.98. The lowest BCUT2D eigenvalue weighted by Crippen LogP contribution is -2.20. The number of hydrogen-bond donors (Lipinski definition) is 2. The predicted molar refractivity (Wildman–Crippen MR) is 115 cm³/mol. The van der Waals surface area contributed by atoms with Crippen molar-refractivity contribution in [3.63, 3.8) is 0 Å². The summed E-state index contributed by atoms with van der Waals surface area (Å²) >= 11 is 5.94. The number of nitro benzene ring substituents is 1. The van der Waals surface area contributed by atoms with Gasteiger partial charge >= 0.3 is 0 Å². The normalized spacial score (nSPS) is 10.8. The highest BCUT2D eigenvalue weighted by molar-refractivity contribution is 6.31. The molecule has 0 aliphatic rings. The summed E-state index contributed by atoms with van der Waals surface area (Å²) in [6.45, 7) is 1.84. The molecule has 1 amide bonds. The van der Waals surface area contributed by atoms with Crippen LogP contribution in [0.15, 0.2) is 57.9 Å². The minimum Gasteiger partial charge on any atom is -0.463 e. The molecule has 0 spiro atoms. The van der Waals surface area contributed by atoms with E-state index in [9.17, 15) is 19.7 Å². The monoisotopic (exact) mass is 454 g/mol. The molecule has 3 heterocycles. The van der Waals surface area contributed by atoms with E-state index in [2.05, 4.69) is 20.4 Å². The first-order valence-electron chi connectivity index (χ1n) is 9.35. The Hall–Kier alpha value is -4.25. The molecular weight excluding hydrogens is 440 g/mol. The molecule has 2 N–H and O–H groups in total. The van der Waals surface area contributed by atoms with E-state index in [-0.39, 0.29) is 22.4 Å². The van der Waals surface area contributed by atoms with Gasteiger partial charge in [-0.25, -0.2) is 4.98 Å². The number of aromatic nitrogens is 4. The van der Waals surface area contributed by atoms with Gasteiger partial charge in [0.15, 0.2) is 5.76 Å². The molecule has 0 fully saturated rings. The number of carbonyl (C=O) groups is 1. The number of aromatic amines is 1. The van der Waals surface area contributed by atoms with Gasteiger partial charge in [-0.2, -0.15) is 9.78 Å². The van der Waals surface area contributed by atoms with Crippen molar-refractivity contribution in [1.29, 1.82) is 0 Å². The Kier molecular flexibility index (Phi) is 5.56. The van der Waals surface area contributed by atoms with Gasteiger partial charge in [0.25, 0.3) is 17.2 Å². The maximum Gasteiger partial charge on any atom is 0.282 e. The Morgan fingerprint density at radius 1 is 1.31 bits per heavy atom. The fraction of sp³-hybridized carbons (Fsp3) is 0.100. The number of anilines is 1. The second-order valence-corrected chi connectivity index (χ2v) is 7.03. The van der Waals surface area contributed by atoms with E-state index >= 15 is 0 Å². The fourth-order valence-corrected chi connectivity index (χ4v) is 3.16. The summed E-state index contributed by atoms with van der Waals surface area (Å²) in [4.78, 5) is 42.6. The lowest BCUT2D eigenvalue weighted by Gasteiger charge is -2.09. The number of nitrogens with zero attached hydrogens (tertiary/aromatic N) is 4. The Morgan fingerprint density at radius 2 is 2.12 bits per heavy atom. The summed E-state index contributed by atoms with van der Waals surface area (Å²) in [5.74, 6) is -0.225. The summed E-state index contributed by atoms with van der Waals surface area (Å²) < 4.78 is 6.58. The molecule has 12 heteroatoms. The van der Waals surface area contributed by atoms with Crippen LogP contribution < -0.4 is 10.9 Å². The van der Waals surface area contributed by atoms with E-state index in [1.807, 2.05) is 6.92 Å². The maximum absolute atomic E-state index is 12.9. The van der Waals surface area contributed by atoms with E-state index in [1.165, 1.54) is 35.2 Å². The average Bonchev–Trinajstić information content (AvgIpc) is 3.43. The molecule has 162 valence electrons. The van der Waals surface area contributed by atoms with Gasteiger partial charge in [-0.1, -0.05) is 18.5 Å². The number of nitro groups is 1. The van der Waals surface area contributed by atoms with Crippen LogP contribution in [0.2, 0.25) is 5.02 Å². The number of nitrogens with one attached hydrogen (secondary N) is 2. The van der Waals surface area contributed by atoms with Crippen molar-refractivity contribution in [2.24, 2.45) is 0 Å². The van der Waals surface area contributed by atoms with Gasteiger partial charge in [0.1, 0.15) is 17.1 Å². The van der Waals surface area contributed by atoms with E-state index in [1.54, 1.807) is 12.1 Å². The molecule has 0 saturated heterocycles. The molecule has 1 aromatic carbocycles. The Balaban J connectivity index is 1.81. The molecule has 32 heavy (non-hydrogen) atoms. The first kappa shape index (κ1) is 21.0. The topological polar surface area (TPSA) is 149 Å². The summed E-state index contributed by atoms with van der Waals surface area (Å²) in [5.41, 5.74) is -0.191. The first-order valence-corrected chi connectivity index (χ1v) is 9.73. The maximum atomic E-state index is 12.9. The van der Waals surface area contributed by atoms with Crippen LogP contribution in [-0.2, 0) is 6.42 Å². The molecule has 0 aliphatic heterocycles. The van der Waals surface area contributed by atoms with E-state index in [0.29, 0.717) is 23.6 Å². The van der Waals surface area contributed by atoms with Crippen LogP contribution >= 0.6 is 11.6 Å². The van der Waals surface area contributed by atoms with Crippen LogP contribution in [0.3, 0.4) is 0 Å². The van der Waals surface area contributed by atoms with Crippen molar-refractivity contribution in [1.82, 2.24) is 19.7 Å². The van der Waals surface area contributed by atoms with Crippen molar-refractivity contribution in [3.05, 3.63) is 85.5 Å². The zero-order valence-corrected chi connectivity index (χ0v) is 17.3. The number of H-pyrrole nitrogens is 1. The Labute approximate surface area is 184 Å². The third kappa shape index (κ3) is 4.14. The SMILES string of the molecule is CCc1cc(=O)[nH]c(-n2nc(-c3ccco3)cc2NC(=O)c2cc(Cl)ccc2[N+](=O)[O-])n1. The average molecular weight is 455 g/mol. The van der Waals surface area contributed by atoms with E-state index < -0.39 is 22.1 Å². The summed E-state index contributed by atoms with van der Waals surface area (Å²) in [7, 11) is 0. The number of aryl methyl sites for hydroxylation is 1. The van der Waals surface area contributed by atoms with Crippen LogP contribution in [-0.4, -0.2) is 30.6 Å². The highest BCUT2D eigenvalue weighted by Crippen LogP contribution is 2.27. The largest absolute Gasteiger partial charge is 0.463 e. The number of amides is 1. The number of halogens is 1. The van der Waals surface area contributed by atoms with Crippen molar-refractivity contribution in [2.45, 2.75) is 13.3 Å². The second-order valence-electron chi connectivity index (χ2n) is 6.59. The van der Waals surface area contributed by atoms with Gasteiger partial charge in [0, 0.05) is 28.9 Å². The van der Waals surface area contributed by atoms with Crippen molar-refractivity contribution < 1.29 is 14.1 Å². The number of rotatable bonds is 6. The number of hydrogen-bond acceptors (Lipinski definition) is 7. The Morgan fingerprint density at radius 3 is 2.81 bits per heavy atom. The molecular formula is C20H15ClN6O5. The molecule has 4 aromatic rings. The molecule has 0 bridgehead atoms. The first-order chi connectivity index (χ1) is 15.4. The number of carbonyl (C=O) groups excluding carboxylic acids is 1. The lowest BCUT2D eigenvalue weighted by molar-refractivity contribution is -0.385. The van der Waals surface area contributed by atoms with Crippen LogP contribution in [0.1, 0.15) is 23.0 Å². The zero-order chi connectivity index (χ0) is 22.8. The predicted octanol–water partition coefficient (Wildman–Crippen LogP) is 3.59. The number of benzene rings is 1. The second kappa shape index (κ2) is 8.47. The molecule has 0 aliphatic carbocycles. The van der Waals surface area contributed by atoms with Gasteiger partial charge in [-0.15, -0.1) is 0 Å². The highest BCUT2D eigenvalue weighted by atomic mass is 35.5. The summed E-state index contributed by atoms with van der Waals surface area (Å²) in [6, 6.07) is 9.84. The van der Waals surface area contributed by atoms with Crippen LogP contribution in [0.25, 0.3) is 17.4 Å². The quantitative estimate of drug-likeness (QED) is 0.334. The molecule has 0 atom stereocenters. The van der Waals surface area contributed by atoms with Crippen LogP contribution in [0.4, 0.5) is 11.5 Å². The third-order valence-electron chi connectivity index (χ3n) is 4.47. The van der Waals surface area contributed by atoms with Gasteiger partial charge in [-0.05, 0) is 30.7 Å². The summed E-state index contributed by atoms with van der Waals surface area (Å²) in [6.07, 6.45) is 1.96. The number of furan rings is 1. The minimum atomic E-state index is -0.791. The van der Waals surface area contributed by atoms with E-state index in [4.69, 9.17) is 16.0 Å². The molecule has 0 radical (unpaired) electrons. The van der Waals surface area contributed by atoms with Gasteiger partial charge < -0.3 is 9.73 Å². The minimum absolute atomic E-state index is 0.0584. The lowest BCUT2D eigenvalue weighted by atomic mass is 10.1. The molecule has 11 nitrogen and oxygen atoms in total. The van der Waals surface area contributed by atoms with Crippen LogP contribution in [0.5, 0.6) is 0 Å². The van der Waals surface area contributed by atoms with Crippen molar-refractivity contribution in [2.75, 3.05) is 5.32 Å². The van der Waals surface area contributed by atoms with Gasteiger partial charge in [-0.3, -0.25) is 24.7 Å². The Bertz CT molecular complexity index is 1380. The third-order valence-corrected chi connectivity index (χ3v) is 4.70. The van der Waals surface area contributed by atoms with Gasteiger partial charge in [0.2, 0.25) is 5.95 Å². The zero-order valence-electron chi connectivity index (χ0n) is 16.5. The van der Waals surface area contributed by atoms with Crippen LogP contribution in [0, 0.1) is 10.1 Å². The molecule has 0 unspecified atom stereocenters. The molecule has 4 rings (SSSR count). The molecule has 3 aromatic heterocycles. The van der Waals surface area contributed by atoms with Gasteiger partial charge in [0.05, 0.1) is 11.2 Å².